The van der Waals surface area contributed by atoms with E-state index < -0.39 is 0 Å². The monoisotopic (exact) mass is 436 g/mol. The van der Waals surface area contributed by atoms with Gasteiger partial charge < -0.3 is 15.1 Å². The number of anilines is 2. The van der Waals surface area contributed by atoms with Crippen molar-refractivity contribution in [3.05, 3.63) is 47.3 Å². The molecule has 2 aliphatic heterocycles. The van der Waals surface area contributed by atoms with Crippen LogP contribution in [-0.4, -0.2) is 72.1 Å². The molecule has 2 aromatic heterocycles. The number of hydrogen-bond acceptors (Lipinski definition) is 7. The van der Waals surface area contributed by atoms with Gasteiger partial charge in [0.05, 0.1) is 10.2 Å². The van der Waals surface area contributed by atoms with Crippen molar-refractivity contribution in [3.63, 3.8) is 0 Å². The number of fused-ring (bicyclic) bond motifs is 1. The summed E-state index contributed by atoms with van der Waals surface area (Å²) in [6, 6.07) is 13.4. The number of piperidine rings is 1. The second kappa shape index (κ2) is 9.51. The van der Waals surface area contributed by atoms with Crippen molar-refractivity contribution in [2.45, 2.75) is 31.8 Å². The molecule has 1 aromatic carbocycles. The van der Waals surface area contributed by atoms with Crippen LogP contribution in [0.5, 0.6) is 0 Å². The molecule has 0 spiro atoms. The van der Waals surface area contributed by atoms with Crippen molar-refractivity contribution in [2.75, 3.05) is 56.5 Å². The van der Waals surface area contributed by atoms with E-state index in [4.69, 9.17) is 9.97 Å². The smallest absolute Gasteiger partial charge is 0.227 e. The van der Waals surface area contributed by atoms with Gasteiger partial charge in [-0.05, 0) is 49.9 Å². The Morgan fingerprint density at radius 3 is 2.65 bits per heavy atom. The quantitative estimate of drug-likeness (QED) is 0.654. The van der Waals surface area contributed by atoms with Gasteiger partial charge in [-0.2, -0.15) is 4.98 Å². The number of nitrogens with zero attached hydrogens (tertiary/aromatic N) is 5. The van der Waals surface area contributed by atoms with Crippen molar-refractivity contribution >= 4 is 33.3 Å². The Kier molecular flexibility index (Phi) is 6.34. The first-order valence-electron chi connectivity index (χ1n) is 11.5. The maximum Gasteiger partial charge on any atom is 0.227 e. The Bertz CT molecular complexity index is 982. The molecule has 6 nitrogen and oxygen atoms in total. The van der Waals surface area contributed by atoms with Crippen LogP contribution in [0.15, 0.2) is 41.8 Å². The molecule has 7 heteroatoms. The molecular weight excluding hydrogens is 404 g/mol. The highest BCUT2D eigenvalue weighted by molar-refractivity contribution is 7.17. The van der Waals surface area contributed by atoms with E-state index in [1.54, 1.807) is 11.3 Å². The molecule has 0 atom stereocenters. The molecule has 0 aliphatic carbocycles. The fraction of sp³-hybridized carbons (Fsp3) is 0.500. The minimum Gasteiger partial charge on any atom is -0.366 e. The fourth-order valence-electron chi connectivity index (χ4n) is 4.61. The largest absolute Gasteiger partial charge is 0.366 e. The summed E-state index contributed by atoms with van der Waals surface area (Å²) in [5, 5.41) is 5.93. The van der Waals surface area contributed by atoms with Crippen LogP contribution in [0.3, 0.4) is 0 Å². The van der Waals surface area contributed by atoms with Crippen LogP contribution < -0.4 is 10.2 Å². The Balaban J connectivity index is 1.26. The number of thiophene rings is 1. The number of likely N-dealkylation sites (N-methyl/N-ethyl adjacent to an activating group) is 1. The van der Waals surface area contributed by atoms with E-state index >= 15 is 0 Å². The molecule has 2 aliphatic rings. The Morgan fingerprint density at radius 1 is 0.968 bits per heavy atom. The number of benzene rings is 1. The van der Waals surface area contributed by atoms with Crippen molar-refractivity contribution in [3.8, 4) is 0 Å². The molecule has 5 rings (SSSR count). The van der Waals surface area contributed by atoms with Gasteiger partial charge in [0, 0.05) is 45.3 Å². The van der Waals surface area contributed by atoms with E-state index in [1.165, 1.54) is 10.3 Å². The zero-order valence-electron chi connectivity index (χ0n) is 18.3. The van der Waals surface area contributed by atoms with Crippen LogP contribution in [-0.2, 0) is 6.54 Å². The summed E-state index contributed by atoms with van der Waals surface area (Å²) in [5.41, 5.74) is 2.47. The van der Waals surface area contributed by atoms with Gasteiger partial charge in [-0.1, -0.05) is 30.3 Å². The maximum atomic E-state index is 5.03. The van der Waals surface area contributed by atoms with Crippen LogP contribution >= 0.6 is 11.3 Å². The van der Waals surface area contributed by atoms with E-state index in [0.29, 0.717) is 6.04 Å². The summed E-state index contributed by atoms with van der Waals surface area (Å²) in [7, 11) is 2.20. The molecule has 0 unspecified atom stereocenters. The minimum absolute atomic E-state index is 0.468. The van der Waals surface area contributed by atoms with Crippen LogP contribution in [0, 0.1) is 0 Å². The highest BCUT2D eigenvalue weighted by Crippen LogP contribution is 2.30. The van der Waals surface area contributed by atoms with Gasteiger partial charge in [-0.25, -0.2) is 4.98 Å². The standard InChI is InChI=1S/C24H32N6S/c1-28-11-5-12-30(16-15-28)24-26-21-10-17-31-22(21)23(27-24)25-20-8-13-29(14-9-20)18-19-6-3-2-4-7-19/h2-4,6-7,10,17,20H,5,8-9,11-16,18H2,1H3,(H,25,26,27). The van der Waals surface area contributed by atoms with Crippen LogP contribution in [0.4, 0.5) is 11.8 Å². The third-order valence-corrected chi connectivity index (χ3v) is 7.38. The summed E-state index contributed by atoms with van der Waals surface area (Å²) in [4.78, 5) is 17.2. The molecule has 0 bridgehead atoms. The second-order valence-corrected chi connectivity index (χ2v) is 9.75. The number of aromatic nitrogens is 2. The van der Waals surface area contributed by atoms with Gasteiger partial charge in [-0.3, -0.25) is 4.90 Å². The van der Waals surface area contributed by atoms with Crippen LogP contribution in [0.2, 0.25) is 0 Å². The van der Waals surface area contributed by atoms with E-state index in [-0.39, 0.29) is 0 Å². The molecule has 0 saturated carbocycles. The van der Waals surface area contributed by atoms with E-state index in [0.717, 1.165) is 82.4 Å². The molecule has 2 fully saturated rings. The Hall–Kier alpha value is -2.22. The minimum atomic E-state index is 0.468. The van der Waals surface area contributed by atoms with E-state index in [9.17, 15) is 0 Å². The van der Waals surface area contributed by atoms with Crippen molar-refractivity contribution in [1.82, 2.24) is 19.8 Å². The molecule has 0 radical (unpaired) electrons. The molecule has 4 heterocycles. The predicted molar refractivity (Wildman–Crippen MR) is 130 cm³/mol. The highest BCUT2D eigenvalue weighted by atomic mass is 32.1. The van der Waals surface area contributed by atoms with Crippen LogP contribution in [0.1, 0.15) is 24.8 Å². The normalized spacial score (nSPS) is 19.6. The topological polar surface area (TPSA) is 47.5 Å². The highest BCUT2D eigenvalue weighted by Gasteiger charge is 2.22. The second-order valence-electron chi connectivity index (χ2n) is 8.83. The lowest BCUT2D eigenvalue weighted by Crippen LogP contribution is -2.39. The summed E-state index contributed by atoms with van der Waals surface area (Å²) in [6.07, 6.45) is 3.45. The zero-order valence-corrected chi connectivity index (χ0v) is 19.2. The average molecular weight is 437 g/mol. The van der Waals surface area contributed by atoms with Gasteiger partial charge >= 0.3 is 0 Å². The summed E-state index contributed by atoms with van der Waals surface area (Å²) >= 11 is 1.74. The number of hydrogen-bond donors (Lipinski definition) is 1. The average Bonchev–Trinajstić information content (AvgIpc) is 3.17. The van der Waals surface area contributed by atoms with Gasteiger partial charge in [0.1, 0.15) is 5.82 Å². The van der Waals surface area contributed by atoms with Crippen LogP contribution in [0.25, 0.3) is 10.2 Å². The predicted octanol–water partition coefficient (Wildman–Crippen LogP) is 3.91. The molecule has 3 aromatic rings. The Labute approximate surface area is 188 Å². The lowest BCUT2D eigenvalue weighted by Gasteiger charge is -2.33. The van der Waals surface area contributed by atoms with Gasteiger partial charge in [-0.15, -0.1) is 11.3 Å². The molecule has 31 heavy (non-hydrogen) atoms. The van der Waals surface area contributed by atoms with Gasteiger partial charge in [0.15, 0.2) is 0 Å². The summed E-state index contributed by atoms with van der Waals surface area (Å²) in [6.45, 7) is 7.51. The van der Waals surface area contributed by atoms with Crippen molar-refractivity contribution in [2.24, 2.45) is 0 Å². The first kappa shape index (κ1) is 20.7. The van der Waals surface area contributed by atoms with Crippen molar-refractivity contribution < 1.29 is 0 Å². The van der Waals surface area contributed by atoms with Gasteiger partial charge in [0.25, 0.3) is 0 Å². The Morgan fingerprint density at radius 2 is 1.81 bits per heavy atom. The molecular formula is C24H32N6S. The summed E-state index contributed by atoms with van der Waals surface area (Å²) in [5.74, 6) is 1.90. The number of rotatable bonds is 5. The molecule has 0 amide bonds. The van der Waals surface area contributed by atoms with Crippen molar-refractivity contribution in [1.29, 1.82) is 0 Å². The number of nitrogens with one attached hydrogen (secondary N) is 1. The van der Waals surface area contributed by atoms with E-state index in [2.05, 4.69) is 68.8 Å². The lowest BCUT2D eigenvalue weighted by atomic mass is 10.0. The first-order valence-corrected chi connectivity index (χ1v) is 12.3. The number of likely N-dealkylation sites (tertiary alicyclic amines) is 1. The molecule has 1 N–H and O–H groups in total. The molecule has 164 valence electrons. The zero-order chi connectivity index (χ0) is 21.0. The maximum absolute atomic E-state index is 5.03. The van der Waals surface area contributed by atoms with E-state index in [1.807, 2.05) is 0 Å². The third-order valence-electron chi connectivity index (χ3n) is 6.47. The third kappa shape index (κ3) is 5.00. The van der Waals surface area contributed by atoms with Gasteiger partial charge in [0.2, 0.25) is 5.95 Å². The summed E-state index contributed by atoms with van der Waals surface area (Å²) < 4.78 is 1.18. The lowest BCUT2D eigenvalue weighted by molar-refractivity contribution is 0.211. The fourth-order valence-corrected chi connectivity index (χ4v) is 5.39. The molecule has 2 saturated heterocycles. The first-order chi connectivity index (χ1) is 15.2. The SMILES string of the molecule is CN1CCCN(c2nc(NC3CCN(Cc4ccccc4)CC3)c3sccc3n2)CC1.